The van der Waals surface area contributed by atoms with Crippen LogP contribution in [0.25, 0.3) is 0 Å². The fourth-order valence-corrected chi connectivity index (χ4v) is 7.09. The van der Waals surface area contributed by atoms with Crippen LogP contribution in [-0.4, -0.2) is 33.0 Å². The van der Waals surface area contributed by atoms with Crippen molar-refractivity contribution in [3.63, 3.8) is 0 Å². The first-order valence-electron chi connectivity index (χ1n) is 11.7. The molecule has 0 saturated carbocycles. The molecule has 0 aromatic heterocycles. The molecule has 0 amide bonds. The monoisotopic (exact) mass is 547 g/mol. The Labute approximate surface area is 201 Å². The van der Waals surface area contributed by atoms with Crippen molar-refractivity contribution in [3.8, 4) is 0 Å². The Morgan fingerprint density at radius 3 is 1.53 bits per heavy atom. The van der Waals surface area contributed by atoms with E-state index in [1.165, 1.54) is 26.7 Å². The second-order valence-electron chi connectivity index (χ2n) is 8.71. The number of ether oxygens (including phenoxy) is 2. The second kappa shape index (κ2) is 11.8. The van der Waals surface area contributed by atoms with Crippen LogP contribution in [0.3, 0.4) is 0 Å². The van der Waals surface area contributed by atoms with Gasteiger partial charge >= 0.3 is 202 Å². The van der Waals surface area contributed by atoms with Gasteiger partial charge in [0.15, 0.2) is 0 Å². The molecule has 4 nitrogen and oxygen atoms in total. The van der Waals surface area contributed by atoms with Gasteiger partial charge in [-0.05, 0) is 0 Å². The van der Waals surface area contributed by atoms with E-state index in [9.17, 15) is 9.59 Å². The van der Waals surface area contributed by atoms with Crippen molar-refractivity contribution in [2.45, 2.75) is 70.0 Å². The summed E-state index contributed by atoms with van der Waals surface area (Å²) in [7, 11) is 0. The standard InChI is InChI=1S/C27H32IO4/c29-26(31-24-16-20-8-1-2-9-21(20)17-24)12-5-6-14-28-15-7-13-27(30)32-25-18-22-10-3-4-11-23(22)19-25/h1-4,8-11,24-25H,5-7,12-19H2/q-1. The first-order chi connectivity index (χ1) is 15.7. The molecular weight excluding hydrogens is 515 g/mol. The van der Waals surface area contributed by atoms with Crippen LogP contribution in [0.15, 0.2) is 48.5 Å². The summed E-state index contributed by atoms with van der Waals surface area (Å²) in [6.45, 7) is 0. The Hall–Kier alpha value is -1.89. The van der Waals surface area contributed by atoms with Gasteiger partial charge in [0.1, 0.15) is 0 Å². The van der Waals surface area contributed by atoms with Gasteiger partial charge in [0.05, 0.1) is 0 Å². The van der Waals surface area contributed by atoms with Crippen molar-refractivity contribution >= 4 is 11.9 Å². The van der Waals surface area contributed by atoms with Gasteiger partial charge in [0.2, 0.25) is 0 Å². The van der Waals surface area contributed by atoms with Crippen LogP contribution in [-0.2, 0) is 44.7 Å². The number of halogens is 1. The normalized spacial score (nSPS) is 15.5. The fourth-order valence-electron chi connectivity index (χ4n) is 4.55. The minimum atomic E-state index is -0.0576. The summed E-state index contributed by atoms with van der Waals surface area (Å²) >= 11 is 0.100. The third-order valence-corrected chi connectivity index (χ3v) is 9.22. The quantitative estimate of drug-likeness (QED) is 0.185. The number of rotatable bonds is 11. The van der Waals surface area contributed by atoms with E-state index in [0.717, 1.165) is 49.4 Å². The number of hydrogen-bond donors (Lipinski definition) is 0. The number of carbonyl (C=O) groups is 2. The van der Waals surface area contributed by atoms with E-state index in [-0.39, 0.29) is 45.4 Å². The molecular formula is C27H32IO4-. The number of carbonyl (C=O) groups excluding carboxylic acids is 2. The van der Waals surface area contributed by atoms with Crippen LogP contribution in [0.2, 0.25) is 0 Å². The summed E-state index contributed by atoms with van der Waals surface area (Å²) in [4.78, 5) is 24.2. The molecule has 0 bridgehead atoms. The molecule has 0 N–H and O–H groups in total. The Kier molecular flexibility index (Phi) is 8.60. The van der Waals surface area contributed by atoms with Crippen LogP contribution in [0.5, 0.6) is 0 Å². The van der Waals surface area contributed by atoms with Crippen LogP contribution in [0.4, 0.5) is 0 Å². The van der Waals surface area contributed by atoms with Gasteiger partial charge in [-0.3, -0.25) is 0 Å². The van der Waals surface area contributed by atoms with Gasteiger partial charge in [-0.2, -0.15) is 0 Å². The van der Waals surface area contributed by atoms with Gasteiger partial charge in [-0.15, -0.1) is 0 Å². The van der Waals surface area contributed by atoms with Crippen LogP contribution >= 0.6 is 0 Å². The van der Waals surface area contributed by atoms with Crippen LogP contribution < -0.4 is 21.2 Å². The van der Waals surface area contributed by atoms with E-state index in [1.807, 2.05) is 24.3 Å². The summed E-state index contributed by atoms with van der Waals surface area (Å²) < 4.78 is 13.7. The fraction of sp³-hybridized carbons (Fsp3) is 0.481. The molecule has 0 radical (unpaired) electrons. The molecule has 0 spiro atoms. The molecule has 2 aliphatic rings. The molecule has 4 rings (SSSR count). The summed E-state index contributed by atoms with van der Waals surface area (Å²) in [6, 6.07) is 16.7. The molecule has 0 saturated heterocycles. The molecule has 0 heterocycles. The molecule has 0 aliphatic heterocycles. The third kappa shape index (κ3) is 6.80. The van der Waals surface area contributed by atoms with E-state index in [1.54, 1.807) is 0 Å². The van der Waals surface area contributed by atoms with Gasteiger partial charge < -0.3 is 0 Å². The molecule has 2 aromatic carbocycles. The van der Waals surface area contributed by atoms with Gasteiger partial charge in [-0.1, -0.05) is 0 Å². The van der Waals surface area contributed by atoms with Crippen molar-refractivity contribution in [2.24, 2.45) is 0 Å². The molecule has 172 valence electrons. The molecule has 0 atom stereocenters. The van der Waals surface area contributed by atoms with Crippen LogP contribution in [0, 0.1) is 0 Å². The third-order valence-electron chi connectivity index (χ3n) is 6.17. The van der Waals surface area contributed by atoms with E-state index in [4.69, 9.17) is 9.47 Å². The molecule has 32 heavy (non-hydrogen) atoms. The number of esters is 2. The molecule has 2 aromatic rings. The molecule has 0 fully saturated rings. The van der Waals surface area contributed by atoms with Gasteiger partial charge in [-0.25, -0.2) is 0 Å². The number of hydrogen-bond acceptors (Lipinski definition) is 4. The zero-order valence-corrected chi connectivity index (χ0v) is 20.7. The van der Waals surface area contributed by atoms with Gasteiger partial charge in [0.25, 0.3) is 0 Å². The maximum absolute atomic E-state index is 12.1. The average Bonchev–Trinajstić information content (AvgIpc) is 3.38. The average molecular weight is 547 g/mol. The van der Waals surface area contributed by atoms with Crippen molar-refractivity contribution in [2.75, 3.05) is 8.86 Å². The van der Waals surface area contributed by atoms with Crippen molar-refractivity contribution < 1.29 is 40.3 Å². The van der Waals surface area contributed by atoms with E-state index in [0.29, 0.717) is 12.8 Å². The Morgan fingerprint density at radius 2 is 1.06 bits per heavy atom. The Balaban J connectivity index is 0.981. The number of unbranched alkanes of at least 4 members (excludes halogenated alkanes) is 1. The van der Waals surface area contributed by atoms with Crippen molar-refractivity contribution in [1.82, 2.24) is 0 Å². The SMILES string of the molecule is O=C(CCCC[I-]CCCC(=O)OC1Cc2ccccc2C1)OC1Cc2ccccc2C1. The van der Waals surface area contributed by atoms with E-state index in [2.05, 4.69) is 24.3 Å². The Bertz CT molecular complexity index is 800. The number of alkyl halides is 2. The van der Waals surface area contributed by atoms with Crippen molar-refractivity contribution in [1.29, 1.82) is 0 Å². The topological polar surface area (TPSA) is 52.6 Å². The predicted octanol–water partition coefficient (Wildman–Crippen LogP) is 1.45. The molecule has 2 aliphatic carbocycles. The molecule has 0 unspecified atom stereocenters. The maximum atomic E-state index is 12.1. The number of fused-ring (bicyclic) bond motifs is 2. The predicted molar refractivity (Wildman–Crippen MR) is 120 cm³/mol. The van der Waals surface area contributed by atoms with Crippen molar-refractivity contribution in [3.05, 3.63) is 70.8 Å². The first kappa shape index (κ1) is 23.3. The zero-order chi connectivity index (χ0) is 22.2. The van der Waals surface area contributed by atoms with Crippen LogP contribution in [0.1, 0.15) is 54.4 Å². The summed E-state index contributed by atoms with van der Waals surface area (Å²) in [5.74, 6) is -0.110. The summed E-state index contributed by atoms with van der Waals surface area (Å²) in [5.41, 5.74) is 5.25. The molecule has 5 heteroatoms. The van der Waals surface area contributed by atoms with Gasteiger partial charge in [0, 0.05) is 0 Å². The second-order valence-corrected chi connectivity index (χ2v) is 11.9. The minimum absolute atomic E-state index is 0.0190. The Morgan fingerprint density at radius 1 is 0.656 bits per heavy atom. The first-order valence-corrected chi connectivity index (χ1v) is 14.8. The zero-order valence-electron chi connectivity index (χ0n) is 18.6. The van der Waals surface area contributed by atoms with E-state index >= 15 is 0 Å². The van der Waals surface area contributed by atoms with E-state index < -0.39 is 0 Å². The summed E-state index contributed by atoms with van der Waals surface area (Å²) in [5, 5.41) is 0. The summed E-state index contributed by atoms with van der Waals surface area (Å²) in [6.07, 6.45) is 7.41. The number of benzene rings is 2.